The Morgan fingerprint density at radius 1 is 0.559 bits per heavy atom. The number of hydrogen-bond acceptors (Lipinski definition) is 16. The van der Waals surface area contributed by atoms with Gasteiger partial charge in [-0.25, -0.2) is 0 Å². The van der Waals surface area contributed by atoms with Crippen LogP contribution in [0.25, 0.3) is 36.0 Å². The van der Waals surface area contributed by atoms with Gasteiger partial charge in [0.25, 0.3) is 0 Å². The van der Waals surface area contributed by atoms with Crippen LogP contribution in [0.15, 0.2) is 167 Å². The van der Waals surface area contributed by atoms with Gasteiger partial charge >= 0.3 is 6.18 Å². The Hall–Kier alpha value is -8.52. The van der Waals surface area contributed by atoms with Crippen LogP contribution in [0, 0.1) is 6.92 Å². The minimum atomic E-state index is -4.31. The van der Waals surface area contributed by atoms with Crippen molar-refractivity contribution < 1.29 is 22.6 Å². The second-order valence-electron chi connectivity index (χ2n) is 25.7. The first-order valence-electron chi connectivity index (χ1n) is 35.3. The lowest BCUT2D eigenvalue weighted by atomic mass is 10.0. The molecule has 19 nitrogen and oxygen atoms in total. The number of aryl methyl sites for hydroxylation is 2. The normalized spacial score (nSPS) is 13.8. The third-order valence-corrected chi connectivity index (χ3v) is 17.0. The minimum absolute atomic E-state index is 0.645. The van der Waals surface area contributed by atoms with Crippen molar-refractivity contribution >= 4 is 47.4 Å². The molecular weight excluding hydrogens is 1290 g/mol. The van der Waals surface area contributed by atoms with E-state index in [4.69, 9.17) is 20.9 Å². The standard InChI is InChI=1S/C17H21F3N4.C17H24N4O.C17H23N3.C16H23N3.C13H21N3O/c1-21-9-10-24(2)12-14-11-22-23-16(14)8-5-13-3-6-15(7-4-13)17(18,19)20;1-18-10-11-21(2)13-15-12-19-20-17(15)9-6-14-4-7-16(22-3)8-5-14;1-14-3-5-15(6-4-14)7-8-17-16(9-11-19-17)13-20(2)12-10-18;1-19(12-10-17)13-15-9-11-18-16(15)8-7-14-5-3-2-4-6-14;1-3-6-16(2)10-12-9-14-15-13(12)11-4-7-17-8-5-11/h3-8,11,21H,9-10,12H2,1-2H3,(H,22,23);4-9,12,18H,10-11,13H2,1-3H3,(H,19,20);3-9H,10-13,18H2,1-2H3;2-6,9H,7-8,10-13,17H2,1H3;4,9H,3,5-8,10H2,1-2H3,(H,14,15)/b8-5+;9-6+;8-7+;;. The number of ether oxygens (including phenoxy) is 2. The Kier molecular flexibility index (Phi) is 37.3. The average molecular weight is 1400 g/mol. The number of aliphatic imine (C=N–C) groups is 2. The van der Waals surface area contributed by atoms with E-state index < -0.39 is 11.7 Å². The zero-order valence-electron chi connectivity index (χ0n) is 61.9. The van der Waals surface area contributed by atoms with Gasteiger partial charge in [-0.1, -0.05) is 128 Å². The van der Waals surface area contributed by atoms with Gasteiger partial charge in [0.2, 0.25) is 0 Å². The molecular formula is C80H112F3N17O2. The van der Waals surface area contributed by atoms with Crippen LogP contribution in [0.2, 0.25) is 0 Å². The number of H-pyrrole nitrogens is 3. The Morgan fingerprint density at radius 2 is 1.06 bits per heavy atom. The van der Waals surface area contributed by atoms with E-state index in [-0.39, 0.29) is 0 Å². The summed E-state index contributed by atoms with van der Waals surface area (Å²) in [6.07, 6.45) is 24.1. The van der Waals surface area contributed by atoms with Crippen LogP contribution in [0.3, 0.4) is 0 Å². The van der Waals surface area contributed by atoms with E-state index in [0.717, 1.165) is 170 Å². The predicted molar refractivity (Wildman–Crippen MR) is 417 cm³/mol. The number of likely N-dealkylation sites (N-methyl/N-ethyl adjacent to an activating group) is 6. The highest BCUT2D eigenvalue weighted by molar-refractivity contribution is 6.12. The maximum atomic E-state index is 12.6. The quantitative estimate of drug-likeness (QED) is 0.0203. The summed E-state index contributed by atoms with van der Waals surface area (Å²) in [5.41, 5.74) is 29.2. The van der Waals surface area contributed by atoms with Crippen LogP contribution in [0.4, 0.5) is 13.2 Å². The Balaban J connectivity index is 0.000000201. The molecule has 0 fully saturated rings. The van der Waals surface area contributed by atoms with Crippen molar-refractivity contribution in [1.82, 2.24) is 65.7 Å². The highest BCUT2D eigenvalue weighted by Crippen LogP contribution is 2.30. The van der Waals surface area contributed by atoms with E-state index in [1.54, 1.807) is 19.4 Å². The van der Waals surface area contributed by atoms with Crippen LogP contribution < -0.4 is 26.8 Å². The molecule has 6 heterocycles. The maximum absolute atomic E-state index is 12.6. The Morgan fingerprint density at radius 3 is 1.60 bits per heavy atom. The lowest BCUT2D eigenvalue weighted by Crippen LogP contribution is -2.28. The number of allylic oxidation sites excluding steroid dienone is 1. The van der Waals surface area contributed by atoms with E-state index in [9.17, 15) is 13.2 Å². The molecule has 550 valence electrons. The molecule has 7 aromatic rings. The first-order chi connectivity index (χ1) is 49.4. The summed E-state index contributed by atoms with van der Waals surface area (Å²) < 4.78 is 48.2. The number of rotatable bonds is 33. The summed E-state index contributed by atoms with van der Waals surface area (Å²) in [6.45, 7) is 20.1. The van der Waals surface area contributed by atoms with Gasteiger partial charge in [-0.2, -0.15) is 28.5 Å². The summed E-state index contributed by atoms with van der Waals surface area (Å²) in [7, 11) is 16.0. The highest BCUT2D eigenvalue weighted by atomic mass is 19.4. The topological polar surface area (TPSA) is 222 Å². The van der Waals surface area contributed by atoms with Crippen LogP contribution in [-0.4, -0.2) is 221 Å². The summed E-state index contributed by atoms with van der Waals surface area (Å²) in [6, 6.07) is 32.2. The van der Waals surface area contributed by atoms with Crippen molar-refractivity contribution in [2.24, 2.45) is 21.5 Å². The molecule has 0 spiro atoms. The molecule has 0 amide bonds. The van der Waals surface area contributed by atoms with E-state index >= 15 is 0 Å². The zero-order chi connectivity index (χ0) is 73.3. The number of nitrogens with zero attached hydrogens (tertiary/aromatic N) is 10. The molecule has 0 aliphatic carbocycles. The van der Waals surface area contributed by atoms with Crippen molar-refractivity contribution in [3.05, 3.63) is 224 Å². The highest BCUT2D eigenvalue weighted by Gasteiger charge is 2.30. The van der Waals surface area contributed by atoms with Crippen LogP contribution in [0.5, 0.6) is 5.75 Å². The number of benzene rings is 4. The molecule has 0 saturated heterocycles. The third-order valence-electron chi connectivity index (χ3n) is 17.0. The number of alkyl halides is 3. The second-order valence-corrected chi connectivity index (χ2v) is 25.7. The molecule has 0 radical (unpaired) electrons. The number of aromatic nitrogens is 6. The lowest BCUT2D eigenvalue weighted by Gasteiger charge is -2.17. The molecule has 0 unspecified atom stereocenters. The van der Waals surface area contributed by atoms with Gasteiger partial charge in [0.05, 0.1) is 80.4 Å². The van der Waals surface area contributed by atoms with Crippen molar-refractivity contribution in [2.75, 3.05) is 155 Å². The Bertz CT molecular complexity index is 3730. The summed E-state index contributed by atoms with van der Waals surface area (Å²) >= 11 is 0. The first-order valence-corrected chi connectivity index (χ1v) is 35.3. The van der Waals surface area contributed by atoms with Crippen LogP contribution in [0.1, 0.15) is 93.3 Å². The number of halogens is 3. The fourth-order valence-corrected chi connectivity index (χ4v) is 11.2. The predicted octanol–water partition coefficient (Wildman–Crippen LogP) is 11.7. The van der Waals surface area contributed by atoms with Gasteiger partial charge in [-0.15, -0.1) is 0 Å². The van der Waals surface area contributed by atoms with Crippen molar-refractivity contribution in [3.63, 3.8) is 0 Å². The van der Waals surface area contributed by atoms with Gasteiger partial charge in [-0.3, -0.25) is 25.3 Å². The number of nitrogens with one attached hydrogen (secondary N) is 5. The lowest BCUT2D eigenvalue weighted by molar-refractivity contribution is -0.137. The van der Waals surface area contributed by atoms with Crippen molar-refractivity contribution in [3.8, 4) is 5.75 Å². The number of methoxy groups -OCH3 is 1. The maximum Gasteiger partial charge on any atom is 0.416 e. The van der Waals surface area contributed by atoms with Crippen molar-refractivity contribution in [1.29, 1.82) is 0 Å². The Labute approximate surface area is 604 Å². The van der Waals surface area contributed by atoms with E-state index in [0.29, 0.717) is 18.7 Å². The molecule has 3 aliphatic rings. The summed E-state index contributed by atoms with van der Waals surface area (Å²) in [4.78, 5) is 20.4. The third kappa shape index (κ3) is 30.6. The smallest absolute Gasteiger partial charge is 0.416 e. The van der Waals surface area contributed by atoms with Gasteiger partial charge in [-0.05, 0) is 170 Å². The minimum Gasteiger partial charge on any atom is -0.497 e. The van der Waals surface area contributed by atoms with Gasteiger partial charge in [0.1, 0.15) is 5.75 Å². The average Bonchev–Trinajstić information content (AvgIpc) is 1.25. The molecule has 0 atom stereocenters. The van der Waals surface area contributed by atoms with E-state index in [2.05, 4.69) is 215 Å². The molecule has 102 heavy (non-hydrogen) atoms. The molecule has 22 heteroatoms. The molecule has 9 N–H and O–H groups in total. The summed E-state index contributed by atoms with van der Waals surface area (Å²) in [5.74, 6) is 0.866. The van der Waals surface area contributed by atoms with E-state index in [1.165, 1.54) is 74.5 Å². The molecule has 4 aromatic carbocycles. The number of aromatic amines is 3. The number of nitrogens with two attached hydrogens (primary N) is 2. The zero-order valence-corrected chi connectivity index (χ0v) is 61.9. The van der Waals surface area contributed by atoms with Gasteiger partial charge in [0, 0.05) is 107 Å². The van der Waals surface area contributed by atoms with Crippen LogP contribution in [-0.2, 0) is 37.0 Å². The van der Waals surface area contributed by atoms with Gasteiger partial charge < -0.3 is 56.1 Å². The largest absolute Gasteiger partial charge is 0.497 e. The SMILES string of the molecule is CCCN(C)Cc1cn[nH]c1C1=CCOCC1.CN(CCN)CC1=CCN=C1CCc1ccccc1.CNCCN(C)Cc1cn[nH]c1/C=C/c1ccc(C(F)(F)F)cc1.CNCCN(C)Cc1cn[nH]c1/C=C/c1ccc(OC)cc1.Cc1ccc(/C=C/C2=NCC=C2CN(C)CCN)cc1. The fraction of sp³-hybridized carbons (Fsp3) is 0.412. The molecule has 10 rings (SSSR count). The summed E-state index contributed by atoms with van der Waals surface area (Å²) in [5, 5.41) is 27.7. The first kappa shape index (κ1) is 82.4. The fourth-order valence-electron chi connectivity index (χ4n) is 11.2. The molecule has 0 bridgehead atoms. The monoisotopic (exact) mass is 1400 g/mol. The van der Waals surface area contributed by atoms with Gasteiger partial charge in [0.15, 0.2) is 0 Å². The van der Waals surface area contributed by atoms with Crippen LogP contribution >= 0.6 is 0 Å². The van der Waals surface area contributed by atoms with Crippen molar-refractivity contribution in [2.45, 2.75) is 65.3 Å². The molecule has 0 saturated carbocycles. The van der Waals surface area contributed by atoms with E-state index in [1.807, 2.05) is 63.9 Å². The number of hydrogen-bond donors (Lipinski definition) is 7. The molecule has 3 aliphatic heterocycles. The molecule has 3 aromatic heterocycles. The second kappa shape index (κ2) is 46.2.